The molecular formula is C13H14N2. The minimum absolute atomic E-state index is 0.228. The molecule has 76 valence electrons. The summed E-state index contributed by atoms with van der Waals surface area (Å²) in [6.45, 7) is 2.86. The van der Waals surface area contributed by atoms with Crippen LogP contribution in [0.4, 0.5) is 0 Å². The van der Waals surface area contributed by atoms with E-state index in [1.54, 1.807) is 6.07 Å². The van der Waals surface area contributed by atoms with E-state index in [1.165, 1.54) is 0 Å². The van der Waals surface area contributed by atoms with Gasteiger partial charge < -0.3 is 5.32 Å². The van der Waals surface area contributed by atoms with Gasteiger partial charge in [-0.1, -0.05) is 12.1 Å². The van der Waals surface area contributed by atoms with Crippen LogP contribution in [-0.4, -0.2) is 6.54 Å². The lowest BCUT2D eigenvalue weighted by atomic mass is 10.1. The molecule has 1 aromatic carbocycles. The Kier molecular flexibility index (Phi) is 4.41. The molecule has 1 unspecified atom stereocenters. The molecule has 1 aromatic rings. The van der Waals surface area contributed by atoms with E-state index >= 15 is 0 Å². The lowest BCUT2D eigenvalue weighted by Crippen LogP contribution is -2.19. The Bertz CT molecular complexity index is 396. The highest BCUT2D eigenvalue weighted by Crippen LogP contribution is 2.13. The summed E-state index contributed by atoms with van der Waals surface area (Å²) < 4.78 is 0. The van der Waals surface area contributed by atoms with Crippen molar-refractivity contribution in [1.29, 1.82) is 5.26 Å². The van der Waals surface area contributed by atoms with E-state index in [2.05, 4.69) is 24.2 Å². The van der Waals surface area contributed by atoms with Crippen LogP contribution in [0.25, 0.3) is 0 Å². The van der Waals surface area contributed by atoms with E-state index in [0.29, 0.717) is 5.56 Å². The van der Waals surface area contributed by atoms with E-state index in [0.717, 1.165) is 18.5 Å². The van der Waals surface area contributed by atoms with Crippen LogP contribution in [0.15, 0.2) is 24.3 Å². The Balaban J connectivity index is 2.62. The molecule has 1 rings (SSSR count). The highest BCUT2D eigenvalue weighted by Gasteiger charge is 2.04. The monoisotopic (exact) mass is 198 g/mol. The smallest absolute Gasteiger partial charge is 0.0991 e. The van der Waals surface area contributed by atoms with E-state index in [9.17, 15) is 0 Å². The van der Waals surface area contributed by atoms with Gasteiger partial charge in [-0.25, -0.2) is 0 Å². The molecule has 0 radical (unpaired) electrons. The number of hydrogen-bond donors (Lipinski definition) is 1. The first-order valence-electron chi connectivity index (χ1n) is 4.95. The Morgan fingerprint density at radius 3 is 3.00 bits per heavy atom. The maximum Gasteiger partial charge on any atom is 0.0991 e. The van der Waals surface area contributed by atoms with Gasteiger partial charge in [0.05, 0.1) is 11.6 Å². The van der Waals surface area contributed by atoms with Crippen LogP contribution in [0, 0.1) is 23.7 Å². The van der Waals surface area contributed by atoms with Gasteiger partial charge in [-0.05, 0) is 24.6 Å². The van der Waals surface area contributed by atoms with Gasteiger partial charge in [-0.2, -0.15) is 5.26 Å². The molecule has 0 saturated heterocycles. The van der Waals surface area contributed by atoms with Crippen molar-refractivity contribution in [1.82, 2.24) is 5.32 Å². The van der Waals surface area contributed by atoms with Crippen LogP contribution in [0.3, 0.4) is 0 Å². The van der Waals surface area contributed by atoms with Crippen LogP contribution >= 0.6 is 0 Å². The van der Waals surface area contributed by atoms with E-state index < -0.39 is 0 Å². The van der Waals surface area contributed by atoms with Gasteiger partial charge in [0.15, 0.2) is 0 Å². The minimum atomic E-state index is 0.228. The largest absolute Gasteiger partial charge is 0.309 e. The molecular weight excluding hydrogens is 184 g/mol. The highest BCUT2D eigenvalue weighted by atomic mass is 14.9. The normalized spacial score (nSPS) is 11.4. The van der Waals surface area contributed by atoms with E-state index in [-0.39, 0.29) is 6.04 Å². The molecule has 2 heteroatoms. The van der Waals surface area contributed by atoms with E-state index in [1.807, 2.05) is 18.2 Å². The zero-order valence-electron chi connectivity index (χ0n) is 8.83. The molecule has 0 fully saturated rings. The van der Waals surface area contributed by atoms with Crippen LogP contribution in [0.1, 0.15) is 30.5 Å². The summed E-state index contributed by atoms with van der Waals surface area (Å²) in [4.78, 5) is 0. The summed E-state index contributed by atoms with van der Waals surface area (Å²) in [6, 6.07) is 9.96. The molecule has 1 atom stereocenters. The van der Waals surface area contributed by atoms with E-state index in [4.69, 9.17) is 11.7 Å². The number of rotatable bonds is 4. The topological polar surface area (TPSA) is 35.8 Å². The standard InChI is InChI=1S/C13H14N2/c1-3-4-8-15-11(2)13-7-5-6-12(9-13)10-14/h1,5-7,9,11,15H,4,8H2,2H3. The molecule has 0 aliphatic heterocycles. The predicted octanol–water partition coefficient (Wildman–Crippen LogP) is 2.23. The molecule has 15 heavy (non-hydrogen) atoms. The number of nitriles is 1. The van der Waals surface area contributed by atoms with Gasteiger partial charge in [0.1, 0.15) is 0 Å². The second kappa shape index (κ2) is 5.86. The van der Waals surface area contributed by atoms with Crippen molar-refractivity contribution in [2.75, 3.05) is 6.54 Å². The first-order chi connectivity index (χ1) is 7.27. The lowest BCUT2D eigenvalue weighted by Gasteiger charge is -2.13. The minimum Gasteiger partial charge on any atom is -0.309 e. The van der Waals surface area contributed by atoms with Gasteiger partial charge in [0.2, 0.25) is 0 Å². The van der Waals surface area contributed by atoms with Crippen LogP contribution < -0.4 is 5.32 Å². The molecule has 0 amide bonds. The molecule has 0 saturated carbocycles. The van der Waals surface area contributed by atoms with Crippen molar-refractivity contribution in [3.63, 3.8) is 0 Å². The molecule has 0 heterocycles. The zero-order valence-corrected chi connectivity index (χ0v) is 8.83. The predicted molar refractivity (Wildman–Crippen MR) is 61.0 cm³/mol. The highest BCUT2D eigenvalue weighted by molar-refractivity contribution is 5.33. The van der Waals surface area contributed by atoms with Crippen molar-refractivity contribution >= 4 is 0 Å². The van der Waals surface area contributed by atoms with Crippen molar-refractivity contribution in [3.8, 4) is 18.4 Å². The first kappa shape index (κ1) is 11.3. The summed E-state index contributed by atoms with van der Waals surface area (Å²) in [5.74, 6) is 2.58. The first-order valence-corrected chi connectivity index (χ1v) is 4.95. The van der Waals surface area contributed by atoms with Gasteiger partial charge in [-0.15, -0.1) is 12.3 Å². The third-order valence-corrected chi connectivity index (χ3v) is 2.24. The Morgan fingerprint density at radius 2 is 2.33 bits per heavy atom. The Hall–Kier alpha value is -1.77. The third-order valence-electron chi connectivity index (χ3n) is 2.24. The zero-order chi connectivity index (χ0) is 11.1. The second-order valence-corrected chi connectivity index (χ2v) is 3.37. The number of benzene rings is 1. The van der Waals surface area contributed by atoms with Crippen molar-refractivity contribution < 1.29 is 0 Å². The molecule has 2 nitrogen and oxygen atoms in total. The van der Waals surface area contributed by atoms with Gasteiger partial charge in [0, 0.05) is 19.0 Å². The molecule has 0 spiro atoms. The van der Waals surface area contributed by atoms with Gasteiger partial charge >= 0.3 is 0 Å². The van der Waals surface area contributed by atoms with Crippen LogP contribution in [0.2, 0.25) is 0 Å². The van der Waals surface area contributed by atoms with Crippen molar-refractivity contribution in [2.24, 2.45) is 0 Å². The summed E-state index contributed by atoms with van der Waals surface area (Å²) >= 11 is 0. The van der Waals surface area contributed by atoms with Crippen LogP contribution in [0.5, 0.6) is 0 Å². The number of terminal acetylenes is 1. The number of nitrogens with one attached hydrogen (secondary N) is 1. The molecule has 0 bridgehead atoms. The number of nitrogens with zero attached hydrogens (tertiary/aromatic N) is 1. The quantitative estimate of drug-likeness (QED) is 0.595. The fourth-order valence-electron chi connectivity index (χ4n) is 1.36. The Labute approximate surface area is 90.9 Å². The van der Waals surface area contributed by atoms with Gasteiger partial charge in [0.25, 0.3) is 0 Å². The Morgan fingerprint density at radius 1 is 1.53 bits per heavy atom. The molecule has 0 aliphatic carbocycles. The van der Waals surface area contributed by atoms with Crippen LogP contribution in [-0.2, 0) is 0 Å². The lowest BCUT2D eigenvalue weighted by molar-refractivity contribution is 0.584. The third kappa shape index (κ3) is 3.46. The van der Waals surface area contributed by atoms with Crippen molar-refractivity contribution in [3.05, 3.63) is 35.4 Å². The molecule has 0 aliphatic rings. The average molecular weight is 198 g/mol. The second-order valence-electron chi connectivity index (χ2n) is 3.37. The fourth-order valence-corrected chi connectivity index (χ4v) is 1.36. The fraction of sp³-hybridized carbons (Fsp3) is 0.308. The summed E-state index contributed by atoms with van der Waals surface area (Å²) in [5, 5.41) is 12.1. The average Bonchev–Trinajstić information content (AvgIpc) is 2.29. The van der Waals surface area contributed by atoms with Gasteiger partial charge in [-0.3, -0.25) is 0 Å². The molecule has 0 aromatic heterocycles. The maximum absolute atomic E-state index is 8.76. The summed E-state index contributed by atoms with van der Waals surface area (Å²) in [6.07, 6.45) is 5.89. The SMILES string of the molecule is C#CCCNC(C)c1cccc(C#N)c1. The maximum atomic E-state index is 8.76. The summed E-state index contributed by atoms with van der Waals surface area (Å²) in [5.41, 5.74) is 1.81. The summed E-state index contributed by atoms with van der Waals surface area (Å²) in [7, 11) is 0. The molecule has 1 N–H and O–H groups in total. The number of hydrogen-bond acceptors (Lipinski definition) is 2. The van der Waals surface area contributed by atoms with Crippen molar-refractivity contribution in [2.45, 2.75) is 19.4 Å².